The lowest BCUT2D eigenvalue weighted by molar-refractivity contribution is -0.134. The third kappa shape index (κ3) is 3.53. The van der Waals surface area contributed by atoms with Crippen LogP contribution in [0.3, 0.4) is 0 Å². The summed E-state index contributed by atoms with van der Waals surface area (Å²) in [5.74, 6) is -2.60. The smallest absolute Gasteiger partial charge is 0.323 e. The van der Waals surface area contributed by atoms with Crippen LogP contribution in [-0.2, 0) is 11.3 Å². The highest BCUT2D eigenvalue weighted by Crippen LogP contribution is 2.26. The number of carbonyl (C=O) groups excluding carboxylic acids is 3. The monoisotopic (exact) mass is 370 g/mol. The van der Waals surface area contributed by atoms with Gasteiger partial charge in [0, 0.05) is 12.8 Å². The summed E-state index contributed by atoms with van der Waals surface area (Å²) in [4.78, 5) is 44.6. The number of alkyl halides is 3. The zero-order chi connectivity index (χ0) is 18.2. The number of nitrogens with zero attached hydrogens (tertiary/aromatic N) is 2. The fourth-order valence-electron chi connectivity index (χ4n) is 2.15. The van der Waals surface area contributed by atoms with E-state index in [1.54, 1.807) is 12.1 Å². The van der Waals surface area contributed by atoms with Crippen LogP contribution >= 0.6 is 11.3 Å². The largest absolute Gasteiger partial charge is 0.389 e. The first-order chi connectivity index (χ1) is 11.8. The van der Waals surface area contributed by atoms with Crippen LogP contribution in [0.1, 0.15) is 41.8 Å². The molecule has 0 aliphatic carbocycles. The molecule has 1 aromatic carbocycles. The van der Waals surface area contributed by atoms with E-state index < -0.39 is 30.4 Å². The molecule has 0 saturated heterocycles. The van der Waals surface area contributed by atoms with Crippen LogP contribution in [0, 0.1) is 0 Å². The second-order valence-corrected chi connectivity index (χ2v) is 6.18. The Hall–Kier alpha value is -2.75. The van der Waals surface area contributed by atoms with Gasteiger partial charge in [0.15, 0.2) is 0 Å². The Morgan fingerprint density at radius 3 is 2.32 bits per heavy atom. The highest BCUT2D eigenvalue weighted by molar-refractivity contribution is 7.13. The van der Waals surface area contributed by atoms with Crippen molar-refractivity contribution in [2.24, 2.45) is 0 Å². The molecule has 2 amide bonds. The molecule has 0 atom stereocenters. The molecule has 25 heavy (non-hydrogen) atoms. The number of thiazole rings is 1. The Morgan fingerprint density at radius 2 is 1.76 bits per heavy atom. The fraction of sp³-hybridized carbons (Fsp3) is 0.200. The zero-order valence-electron chi connectivity index (χ0n) is 12.4. The van der Waals surface area contributed by atoms with E-state index >= 15 is 0 Å². The van der Waals surface area contributed by atoms with E-state index in [1.165, 1.54) is 12.1 Å². The number of imide groups is 1. The van der Waals surface area contributed by atoms with Crippen molar-refractivity contribution in [3.05, 3.63) is 51.5 Å². The average Bonchev–Trinajstić information content (AvgIpc) is 3.12. The van der Waals surface area contributed by atoms with Crippen LogP contribution in [-0.4, -0.2) is 34.0 Å². The summed E-state index contributed by atoms with van der Waals surface area (Å²) >= 11 is 0.716. The molecule has 130 valence electrons. The van der Waals surface area contributed by atoms with E-state index in [9.17, 15) is 27.6 Å². The van der Waals surface area contributed by atoms with Gasteiger partial charge in [0.05, 0.1) is 22.3 Å². The molecule has 0 unspecified atom stereocenters. The topological polar surface area (TPSA) is 76.6 Å². The molecule has 1 aromatic heterocycles. The van der Waals surface area contributed by atoms with Gasteiger partial charge in [0.1, 0.15) is 4.88 Å². The number of halogens is 3. The maximum Gasteiger partial charge on any atom is 0.389 e. The predicted octanol–water partition coefficient (Wildman–Crippen LogP) is 3.01. The highest BCUT2D eigenvalue weighted by Gasteiger charge is 2.39. The second kappa shape index (κ2) is 6.28. The van der Waals surface area contributed by atoms with E-state index in [0.29, 0.717) is 16.4 Å². The number of hydrogen-bond acceptors (Lipinski definition) is 6. The number of amides is 2. The molecule has 2 aromatic rings. The van der Waals surface area contributed by atoms with Crippen molar-refractivity contribution < 1.29 is 32.4 Å². The molecule has 0 bridgehead atoms. The summed E-state index contributed by atoms with van der Waals surface area (Å²) < 4.78 is 36.6. The lowest BCUT2D eigenvalue weighted by Crippen LogP contribution is -2.32. The van der Waals surface area contributed by atoms with Crippen molar-refractivity contribution in [3.8, 4) is 0 Å². The van der Waals surface area contributed by atoms with Crippen LogP contribution in [0.15, 0.2) is 30.5 Å². The van der Waals surface area contributed by atoms with Crippen molar-refractivity contribution >= 4 is 29.1 Å². The van der Waals surface area contributed by atoms with Gasteiger partial charge in [-0.2, -0.15) is 13.2 Å². The Kier molecular flexibility index (Phi) is 4.29. The van der Waals surface area contributed by atoms with Gasteiger partial charge in [0.25, 0.3) is 11.8 Å². The van der Waals surface area contributed by atoms with E-state index in [1.807, 2.05) is 0 Å². The number of aryl methyl sites for hydroxylation is 1. The molecule has 0 N–H and O–H groups in total. The quantitative estimate of drug-likeness (QED) is 0.774. The number of benzene rings is 1. The Bertz CT molecular complexity index is 827. The zero-order valence-corrected chi connectivity index (χ0v) is 13.2. The molecule has 2 heterocycles. The minimum atomic E-state index is -4.33. The number of fused-ring (bicyclic) bond motifs is 1. The van der Waals surface area contributed by atoms with Crippen LogP contribution < -0.4 is 0 Å². The molecule has 3 rings (SSSR count). The van der Waals surface area contributed by atoms with E-state index in [-0.39, 0.29) is 27.4 Å². The number of hydrogen-bond donors (Lipinski definition) is 0. The molecule has 6 nitrogen and oxygen atoms in total. The molecular weight excluding hydrogens is 361 g/mol. The second-order valence-electron chi connectivity index (χ2n) is 5.06. The summed E-state index contributed by atoms with van der Waals surface area (Å²) in [7, 11) is 0. The average molecular weight is 370 g/mol. The molecule has 0 radical (unpaired) electrons. The van der Waals surface area contributed by atoms with Crippen molar-refractivity contribution in [2.45, 2.75) is 19.0 Å². The summed E-state index contributed by atoms with van der Waals surface area (Å²) in [6.45, 7) is 0. The molecule has 0 saturated carbocycles. The van der Waals surface area contributed by atoms with Gasteiger partial charge in [0.2, 0.25) is 0 Å². The fourth-order valence-corrected chi connectivity index (χ4v) is 2.94. The summed E-state index contributed by atoms with van der Waals surface area (Å²) in [5.41, 5.74) is 0.214. The van der Waals surface area contributed by atoms with Crippen LogP contribution in [0.25, 0.3) is 0 Å². The molecular formula is C15H9F3N2O4S. The van der Waals surface area contributed by atoms with E-state index in [0.717, 1.165) is 6.20 Å². The maximum absolute atomic E-state index is 12.2. The van der Waals surface area contributed by atoms with Crippen LogP contribution in [0.5, 0.6) is 0 Å². The summed E-state index contributed by atoms with van der Waals surface area (Å²) in [5, 5.41) is 0.439. The third-order valence-corrected chi connectivity index (χ3v) is 4.35. The molecule has 0 fully saturated rings. The molecule has 1 aliphatic rings. The lowest BCUT2D eigenvalue weighted by atomic mass is 10.1. The lowest BCUT2D eigenvalue weighted by Gasteiger charge is -2.11. The van der Waals surface area contributed by atoms with Gasteiger partial charge in [-0.05, 0) is 12.1 Å². The minimum Gasteiger partial charge on any atom is -0.323 e. The summed E-state index contributed by atoms with van der Waals surface area (Å²) in [6.07, 6.45) is -4.70. The van der Waals surface area contributed by atoms with Gasteiger partial charge in [-0.1, -0.05) is 17.2 Å². The van der Waals surface area contributed by atoms with E-state index in [2.05, 4.69) is 4.98 Å². The number of carbonyl (C=O) groups is 3. The first-order valence-corrected chi connectivity index (χ1v) is 7.79. The van der Waals surface area contributed by atoms with Gasteiger partial charge in [-0.15, -0.1) is 11.3 Å². The normalized spacial score (nSPS) is 14.0. The highest BCUT2D eigenvalue weighted by atomic mass is 32.1. The SMILES string of the molecule is O=C(ON1C(=O)c2ccccc2C1=O)c1cnc(CCC(F)(F)F)s1. The Labute approximate surface area is 142 Å². The van der Waals surface area contributed by atoms with Crippen molar-refractivity contribution in [1.82, 2.24) is 10.0 Å². The van der Waals surface area contributed by atoms with Gasteiger partial charge in [-0.25, -0.2) is 9.78 Å². The first kappa shape index (κ1) is 17.1. The first-order valence-electron chi connectivity index (χ1n) is 6.98. The summed E-state index contributed by atoms with van der Waals surface area (Å²) in [6, 6.07) is 5.97. The number of aromatic nitrogens is 1. The van der Waals surface area contributed by atoms with Gasteiger partial charge >= 0.3 is 12.1 Å². The standard InChI is InChI=1S/C15H9F3N2O4S/c16-15(17,18)6-5-11-19-7-10(25-11)14(23)24-20-12(21)8-3-1-2-4-9(8)13(20)22/h1-4,7H,5-6H2. The maximum atomic E-state index is 12.2. The predicted molar refractivity (Wildman–Crippen MR) is 78.8 cm³/mol. The van der Waals surface area contributed by atoms with Crippen LogP contribution in [0.4, 0.5) is 13.2 Å². The third-order valence-electron chi connectivity index (χ3n) is 3.31. The van der Waals surface area contributed by atoms with Crippen molar-refractivity contribution in [2.75, 3.05) is 0 Å². The Balaban J connectivity index is 1.69. The molecule has 1 aliphatic heterocycles. The van der Waals surface area contributed by atoms with E-state index in [4.69, 9.17) is 4.84 Å². The molecule has 0 spiro atoms. The van der Waals surface area contributed by atoms with Crippen molar-refractivity contribution in [1.29, 1.82) is 0 Å². The van der Waals surface area contributed by atoms with Gasteiger partial charge < -0.3 is 4.84 Å². The Morgan fingerprint density at radius 1 is 1.16 bits per heavy atom. The van der Waals surface area contributed by atoms with Crippen LogP contribution in [0.2, 0.25) is 0 Å². The number of rotatable bonds is 4. The van der Waals surface area contributed by atoms with Crippen molar-refractivity contribution in [3.63, 3.8) is 0 Å². The number of hydroxylamine groups is 2. The minimum absolute atomic E-state index is 0.103. The van der Waals surface area contributed by atoms with Gasteiger partial charge in [-0.3, -0.25) is 9.59 Å². The molecule has 10 heteroatoms.